The summed E-state index contributed by atoms with van der Waals surface area (Å²) in [6.45, 7) is 1.45. The van der Waals surface area contributed by atoms with E-state index in [1.807, 2.05) is 4.57 Å². The fraction of sp³-hybridized carbons (Fsp3) is 0.500. The second kappa shape index (κ2) is 6.44. The van der Waals surface area contributed by atoms with Crippen molar-refractivity contribution in [3.8, 4) is 0 Å². The number of aromatic nitrogens is 2. The van der Waals surface area contributed by atoms with Gasteiger partial charge in [0, 0.05) is 27.4 Å². The molecule has 0 unspecified atom stereocenters. The van der Waals surface area contributed by atoms with Crippen LogP contribution in [0.2, 0.25) is 0 Å². The van der Waals surface area contributed by atoms with Crippen LogP contribution in [0, 0.1) is 0 Å². The minimum atomic E-state index is -4.37. The third kappa shape index (κ3) is 3.54. The smallest absolute Gasteiger partial charge is 0.385 e. The second-order valence-corrected chi connectivity index (χ2v) is 4.66. The fourth-order valence-electron chi connectivity index (χ4n) is 2.21. The van der Waals surface area contributed by atoms with Crippen LogP contribution in [-0.2, 0) is 28.8 Å². The van der Waals surface area contributed by atoms with E-state index in [1.165, 1.54) is 13.2 Å². The number of nitrogens with zero attached hydrogens (tertiary/aromatic N) is 2. The van der Waals surface area contributed by atoms with Gasteiger partial charge in [0.2, 0.25) is 0 Å². The number of hydrogen-bond donors (Lipinski definition) is 0. The molecule has 0 saturated heterocycles. The van der Waals surface area contributed by atoms with Crippen LogP contribution in [0.3, 0.4) is 0 Å². The summed E-state index contributed by atoms with van der Waals surface area (Å²) in [7, 11) is 3.14. The van der Waals surface area contributed by atoms with Gasteiger partial charge in [0.1, 0.15) is 12.4 Å². The Kier molecular flexibility index (Phi) is 4.84. The van der Waals surface area contributed by atoms with Gasteiger partial charge in [0.15, 0.2) is 0 Å². The average Bonchev–Trinajstić information content (AvgIpc) is 2.76. The van der Waals surface area contributed by atoms with E-state index in [9.17, 15) is 13.2 Å². The molecule has 2 aromatic rings. The lowest BCUT2D eigenvalue weighted by molar-refractivity contribution is -0.137. The summed E-state index contributed by atoms with van der Waals surface area (Å²) in [5, 5.41) is 0. The highest BCUT2D eigenvalue weighted by Gasteiger charge is 2.31. The summed E-state index contributed by atoms with van der Waals surface area (Å²) in [5.41, 5.74) is 0.306. The number of rotatable bonds is 6. The first-order valence-electron chi connectivity index (χ1n) is 6.51. The van der Waals surface area contributed by atoms with E-state index in [-0.39, 0.29) is 6.61 Å². The lowest BCUT2D eigenvalue weighted by atomic mass is 10.2. The Morgan fingerprint density at radius 3 is 2.57 bits per heavy atom. The maximum absolute atomic E-state index is 12.7. The van der Waals surface area contributed by atoms with Crippen molar-refractivity contribution in [1.82, 2.24) is 9.55 Å². The lowest BCUT2D eigenvalue weighted by Crippen LogP contribution is -2.07. The molecule has 0 spiro atoms. The van der Waals surface area contributed by atoms with Gasteiger partial charge in [-0.3, -0.25) is 0 Å². The molecule has 1 heterocycles. The van der Waals surface area contributed by atoms with Crippen LogP contribution in [0.25, 0.3) is 11.0 Å². The van der Waals surface area contributed by atoms with Crippen molar-refractivity contribution in [2.75, 3.05) is 20.8 Å². The zero-order valence-corrected chi connectivity index (χ0v) is 11.9. The molecule has 0 radical (unpaired) electrons. The number of alkyl halides is 3. The van der Waals surface area contributed by atoms with Crippen LogP contribution in [0.1, 0.15) is 17.8 Å². The standard InChI is InChI=1S/C14H17F3N2O2/c1-20-7-3-6-19-12-5-4-10(14(15,16)17)8-11(12)18-13(19)9-21-2/h4-5,8H,3,6-7,9H2,1-2H3. The zero-order chi connectivity index (χ0) is 15.5. The normalized spacial score (nSPS) is 12.2. The summed E-state index contributed by atoms with van der Waals surface area (Å²) in [5.74, 6) is 0.614. The first-order chi connectivity index (χ1) is 9.97. The Bertz CT molecular complexity index is 608. The first-order valence-corrected chi connectivity index (χ1v) is 6.51. The molecule has 0 aliphatic rings. The Morgan fingerprint density at radius 1 is 1.19 bits per heavy atom. The molecule has 7 heteroatoms. The summed E-state index contributed by atoms with van der Waals surface area (Å²) in [6.07, 6.45) is -3.62. The maximum atomic E-state index is 12.7. The molecule has 0 aliphatic carbocycles. The Morgan fingerprint density at radius 2 is 1.95 bits per heavy atom. The van der Waals surface area contributed by atoms with Gasteiger partial charge in [-0.15, -0.1) is 0 Å². The van der Waals surface area contributed by atoms with Gasteiger partial charge < -0.3 is 14.0 Å². The highest BCUT2D eigenvalue weighted by Crippen LogP contribution is 2.31. The number of methoxy groups -OCH3 is 2. The van der Waals surface area contributed by atoms with E-state index < -0.39 is 11.7 Å². The van der Waals surface area contributed by atoms with Gasteiger partial charge in [0.25, 0.3) is 0 Å². The van der Waals surface area contributed by atoms with E-state index >= 15 is 0 Å². The van der Waals surface area contributed by atoms with Crippen molar-refractivity contribution in [2.45, 2.75) is 25.7 Å². The third-order valence-electron chi connectivity index (χ3n) is 3.16. The number of ether oxygens (including phenoxy) is 2. The van der Waals surface area contributed by atoms with Crippen molar-refractivity contribution >= 4 is 11.0 Å². The van der Waals surface area contributed by atoms with Gasteiger partial charge in [-0.2, -0.15) is 13.2 Å². The van der Waals surface area contributed by atoms with Gasteiger partial charge >= 0.3 is 6.18 Å². The van der Waals surface area contributed by atoms with Crippen LogP contribution < -0.4 is 0 Å². The predicted octanol–water partition coefficient (Wildman–Crippen LogP) is 3.24. The SMILES string of the molecule is COCCCn1c(COC)nc2cc(C(F)(F)F)ccc21. The molecule has 0 fully saturated rings. The van der Waals surface area contributed by atoms with Crippen molar-refractivity contribution in [2.24, 2.45) is 0 Å². The minimum absolute atomic E-state index is 0.253. The van der Waals surface area contributed by atoms with Crippen LogP contribution in [0.5, 0.6) is 0 Å². The molecule has 1 aromatic carbocycles. The molecule has 2 rings (SSSR count). The Labute approximate surface area is 120 Å². The molecule has 0 N–H and O–H groups in total. The summed E-state index contributed by atoms with van der Waals surface area (Å²) in [6, 6.07) is 3.60. The lowest BCUT2D eigenvalue weighted by Gasteiger charge is -2.09. The first kappa shape index (κ1) is 15.8. The molecule has 4 nitrogen and oxygen atoms in total. The molecule has 0 amide bonds. The number of benzene rings is 1. The average molecular weight is 302 g/mol. The topological polar surface area (TPSA) is 36.3 Å². The minimum Gasteiger partial charge on any atom is -0.385 e. The third-order valence-corrected chi connectivity index (χ3v) is 3.16. The summed E-state index contributed by atoms with van der Waals surface area (Å²) < 4.78 is 50.2. The predicted molar refractivity (Wildman–Crippen MR) is 71.9 cm³/mol. The highest BCUT2D eigenvalue weighted by atomic mass is 19.4. The monoisotopic (exact) mass is 302 g/mol. The van der Waals surface area contributed by atoms with Gasteiger partial charge in [-0.1, -0.05) is 0 Å². The van der Waals surface area contributed by atoms with Gasteiger partial charge in [0.05, 0.1) is 16.6 Å². The van der Waals surface area contributed by atoms with E-state index in [1.54, 1.807) is 7.11 Å². The fourth-order valence-corrected chi connectivity index (χ4v) is 2.21. The molecular formula is C14H17F3N2O2. The molecule has 0 atom stereocenters. The quantitative estimate of drug-likeness (QED) is 0.769. The van der Waals surface area contributed by atoms with E-state index in [4.69, 9.17) is 9.47 Å². The number of aryl methyl sites for hydroxylation is 1. The van der Waals surface area contributed by atoms with E-state index in [0.29, 0.717) is 30.0 Å². The van der Waals surface area contributed by atoms with E-state index in [0.717, 1.165) is 18.6 Å². The molecule has 0 aliphatic heterocycles. The van der Waals surface area contributed by atoms with Crippen molar-refractivity contribution in [3.05, 3.63) is 29.6 Å². The molecule has 116 valence electrons. The zero-order valence-electron chi connectivity index (χ0n) is 11.9. The van der Waals surface area contributed by atoms with Gasteiger partial charge in [-0.25, -0.2) is 4.98 Å². The molecular weight excluding hydrogens is 285 g/mol. The molecule has 0 bridgehead atoms. The van der Waals surface area contributed by atoms with Crippen molar-refractivity contribution < 1.29 is 22.6 Å². The molecule has 21 heavy (non-hydrogen) atoms. The Hall–Kier alpha value is -1.60. The van der Waals surface area contributed by atoms with Crippen LogP contribution in [-0.4, -0.2) is 30.4 Å². The Balaban J connectivity index is 2.41. The number of fused-ring (bicyclic) bond motifs is 1. The number of halogens is 3. The van der Waals surface area contributed by atoms with Crippen LogP contribution >= 0.6 is 0 Å². The second-order valence-electron chi connectivity index (χ2n) is 4.66. The van der Waals surface area contributed by atoms with Crippen molar-refractivity contribution in [3.63, 3.8) is 0 Å². The van der Waals surface area contributed by atoms with E-state index in [2.05, 4.69) is 4.98 Å². The number of imidazole rings is 1. The van der Waals surface area contributed by atoms with Crippen LogP contribution in [0.4, 0.5) is 13.2 Å². The highest BCUT2D eigenvalue weighted by molar-refractivity contribution is 5.77. The summed E-state index contributed by atoms with van der Waals surface area (Å²) >= 11 is 0. The van der Waals surface area contributed by atoms with Gasteiger partial charge in [-0.05, 0) is 24.6 Å². The summed E-state index contributed by atoms with van der Waals surface area (Å²) in [4.78, 5) is 4.25. The van der Waals surface area contributed by atoms with Crippen LogP contribution in [0.15, 0.2) is 18.2 Å². The number of hydrogen-bond acceptors (Lipinski definition) is 3. The largest absolute Gasteiger partial charge is 0.416 e. The maximum Gasteiger partial charge on any atom is 0.416 e. The molecule has 1 aromatic heterocycles. The molecule has 0 saturated carbocycles. The van der Waals surface area contributed by atoms with Crippen molar-refractivity contribution in [1.29, 1.82) is 0 Å².